The molecule has 0 aliphatic heterocycles. The third-order valence-electron chi connectivity index (χ3n) is 1.34. The molecule has 3 N–H and O–H groups in total. The summed E-state index contributed by atoms with van der Waals surface area (Å²) < 4.78 is 0. The molecule has 0 radical (unpaired) electrons. The van der Waals surface area contributed by atoms with Crippen molar-refractivity contribution in [3.05, 3.63) is 12.4 Å². The summed E-state index contributed by atoms with van der Waals surface area (Å²) in [5.41, 5.74) is 0. The van der Waals surface area contributed by atoms with Gasteiger partial charge in [-0.25, -0.2) is 9.97 Å². The molecule has 0 unspecified atom stereocenters. The summed E-state index contributed by atoms with van der Waals surface area (Å²) in [6.07, 6.45) is 1.36. The number of nitrogens with one attached hydrogen (secondary N) is 2. The molecule has 70 valence electrons. The lowest BCUT2D eigenvalue weighted by molar-refractivity contribution is -0.134. The molecule has 0 bridgehead atoms. The lowest BCUT2D eigenvalue weighted by atomic mass is 10.5. The second-order valence-corrected chi connectivity index (χ2v) is 2.29. The van der Waals surface area contributed by atoms with Crippen LogP contribution in [0.1, 0.15) is 0 Å². The Morgan fingerprint density at radius 3 is 2.85 bits per heavy atom. The van der Waals surface area contributed by atoms with Crippen LogP contribution in [0.25, 0.3) is 0 Å². The maximum atomic E-state index is 10.2. The fraction of sp³-hybridized carbons (Fsp3) is 0.286. The van der Waals surface area contributed by atoms with E-state index in [1.54, 1.807) is 13.1 Å². The van der Waals surface area contributed by atoms with E-state index < -0.39 is 5.97 Å². The summed E-state index contributed by atoms with van der Waals surface area (Å²) >= 11 is 0. The van der Waals surface area contributed by atoms with E-state index in [4.69, 9.17) is 5.11 Å². The highest BCUT2D eigenvalue weighted by molar-refractivity contribution is 5.72. The number of hydrogen-bond acceptors (Lipinski definition) is 5. The fourth-order valence-electron chi connectivity index (χ4n) is 0.757. The van der Waals surface area contributed by atoms with E-state index in [1.807, 2.05) is 0 Å². The van der Waals surface area contributed by atoms with Crippen LogP contribution in [0.2, 0.25) is 0 Å². The van der Waals surface area contributed by atoms with Crippen LogP contribution in [0, 0.1) is 0 Å². The van der Waals surface area contributed by atoms with Crippen molar-refractivity contribution in [1.29, 1.82) is 0 Å². The van der Waals surface area contributed by atoms with Gasteiger partial charge in [-0.2, -0.15) is 0 Å². The van der Waals surface area contributed by atoms with Gasteiger partial charge in [0, 0.05) is 13.1 Å². The van der Waals surface area contributed by atoms with Crippen LogP contribution in [0.4, 0.5) is 11.6 Å². The number of rotatable bonds is 4. The molecule has 0 atom stereocenters. The van der Waals surface area contributed by atoms with E-state index in [-0.39, 0.29) is 6.54 Å². The van der Waals surface area contributed by atoms with E-state index in [9.17, 15) is 4.79 Å². The highest BCUT2D eigenvalue weighted by Gasteiger charge is 1.98. The molecule has 0 spiro atoms. The van der Waals surface area contributed by atoms with E-state index in [0.29, 0.717) is 11.6 Å². The molecule has 1 heterocycles. The lowest BCUT2D eigenvalue weighted by Gasteiger charge is -2.03. The third-order valence-corrected chi connectivity index (χ3v) is 1.34. The number of nitrogens with zero attached hydrogens (tertiary/aromatic N) is 2. The topological polar surface area (TPSA) is 87.1 Å². The Bertz CT molecular complexity index is 302. The van der Waals surface area contributed by atoms with E-state index in [0.717, 1.165) is 0 Å². The summed E-state index contributed by atoms with van der Waals surface area (Å²) in [6.45, 7) is -0.153. The molecular weight excluding hydrogens is 172 g/mol. The van der Waals surface area contributed by atoms with Gasteiger partial charge in [-0.15, -0.1) is 0 Å². The molecule has 6 nitrogen and oxygen atoms in total. The van der Waals surface area contributed by atoms with Gasteiger partial charge in [-0.1, -0.05) is 0 Å². The molecule has 0 saturated carbocycles. The van der Waals surface area contributed by atoms with Crippen molar-refractivity contribution in [3.63, 3.8) is 0 Å². The zero-order valence-corrected chi connectivity index (χ0v) is 7.11. The quantitative estimate of drug-likeness (QED) is 0.608. The summed E-state index contributed by atoms with van der Waals surface area (Å²) in [7, 11) is 1.73. The Kier molecular flexibility index (Phi) is 3.02. The first-order valence-electron chi connectivity index (χ1n) is 3.68. The van der Waals surface area contributed by atoms with E-state index in [1.165, 1.54) is 6.33 Å². The summed E-state index contributed by atoms with van der Waals surface area (Å²) in [5.74, 6) is 0.203. The first-order valence-corrected chi connectivity index (χ1v) is 3.68. The highest BCUT2D eigenvalue weighted by atomic mass is 16.4. The van der Waals surface area contributed by atoms with Crippen molar-refractivity contribution in [2.45, 2.75) is 0 Å². The maximum absolute atomic E-state index is 10.2. The number of aromatic nitrogens is 2. The first kappa shape index (κ1) is 9.24. The van der Waals surface area contributed by atoms with Gasteiger partial charge < -0.3 is 15.7 Å². The van der Waals surface area contributed by atoms with Gasteiger partial charge in [0.05, 0.1) is 0 Å². The molecule has 1 aromatic rings. The zero-order valence-electron chi connectivity index (χ0n) is 7.11. The van der Waals surface area contributed by atoms with Crippen LogP contribution in [0.5, 0.6) is 0 Å². The Morgan fingerprint density at radius 1 is 1.54 bits per heavy atom. The minimum Gasteiger partial charge on any atom is -0.480 e. The van der Waals surface area contributed by atoms with Gasteiger partial charge in [0.1, 0.15) is 24.5 Å². The van der Waals surface area contributed by atoms with Crippen LogP contribution in [-0.2, 0) is 4.79 Å². The number of hydrogen-bond donors (Lipinski definition) is 3. The minimum absolute atomic E-state index is 0.153. The number of anilines is 2. The van der Waals surface area contributed by atoms with Gasteiger partial charge in [0.2, 0.25) is 0 Å². The van der Waals surface area contributed by atoms with Crippen LogP contribution in [0.3, 0.4) is 0 Å². The molecule has 0 fully saturated rings. The monoisotopic (exact) mass is 182 g/mol. The number of carbonyl (C=O) groups is 1. The average Bonchev–Trinajstić information content (AvgIpc) is 2.15. The average molecular weight is 182 g/mol. The zero-order chi connectivity index (χ0) is 9.68. The Balaban J connectivity index is 2.61. The van der Waals surface area contributed by atoms with Crippen molar-refractivity contribution in [2.24, 2.45) is 0 Å². The Morgan fingerprint density at radius 2 is 2.23 bits per heavy atom. The maximum Gasteiger partial charge on any atom is 0.322 e. The lowest BCUT2D eigenvalue weighted by Crippen LogP contribution is -2.13. The molecule has 6 heteroatoms. The highest BCUT2D eigenvalue weighted by Crippen LogP contribution is 2.06. The predicted octanol–water partition coefficient (Wildman–Crippen LogP) is 0.0148. The standard InChI is InChI=1S/C7H10N4O2/c1-8-5-2-6(11-4-10-5)9-3-7(12)13/h2,4H,3H2,1H3,(H,12,13)(H2,8,9,10,11). The molecule has 0 amide bonds. The van der Waals surface area contributed by atoms with E-state index >= 15 is 0 Å². The summed E-state index contributed by atoms with van der Waals surface area (Å²) in [6, 6.07) is 1.63. The number of carboxylic acid groups (broad SMARTS) is 1. The molecular formula is C7H10N4O2. The largest absolute Gasteiger partial charge is 0.480 e. The molecule has 0 saturated heterocycles. The van der Waals surface area contributed by atoms with Crippen molar-refractivity contribution >= 4 is 17.6 Å². The van der Waals surface area contributed by atoms with Gasteiger partial charge >= 0.3 is 5.97 Å². The van der Waals surface area contributed by atoms with Gasteiger partial charge in [0.25, 0.3) is 0 Å². The van der Waals surface area contributed by atoms with Crippen molar-refractivity contribution < 1.29 is 9.90 Å². The van der Waals surface area contributed by atoms with Crippen molar-refractivity contribution in [1.82, 2.24) is 9.97 Å². The van der Waals surface area contributed by atoms with Crippen LogP contribution in [0.15, 0.2) is 12.4 Å². The molecule has 1 rings (SSSR count). The number of aliphatic carboxylic acids is 1. The second kappa shape index (κ2) is 4.24. The fourth-order valence-corrected chi connectivity index (χ4v) is 0.757. The molecule has 0 aliphatic rings. The first-order chi connectivity index (χ1) is 6.22. The Hall–Kier alpha value is -1.85. The van der Waals surface area contributed by atoms with E-state index in [2.05, 4.69) is 20.6 Å². The van der Waals surface area contributed by atoms with Crippen LogP contribution >= 0.6 is 0 Å². The van der Waals surface area contributed by atoms with Gasteiger partial charge in [-0.05, 0) is 0 Å². The summed E-state index contributed by atoms with van der Waals surface area (Å²) in [5, 5.41) is 13.8. The molecule has 1 aromatic heterocycles. The van der Waals surface area contributed by atoms with Crippen LogP contribution in [-0.4, -0.2) is 34.6 Å². The van der Waals surface area contributed by atoms with Crippen molar-refractivity contribution in [3.8, 4) is 0 Å². The normalized spacial score (nSPS) is 9.31. The predicted molar refractivity (Wildman–Crippen MR) is 47.7 cm³/mol. The SMILES string of the molecule is CNc1cc(NCC(=O)O)ncn1. The summed E-state index contributed by atoms with van der Waals surface area (Å²) in [4.78, 5) is 17.9. The molecule has 13 heavy (non-hydrogen) atoms. The number of carboxylic acids is 1. The van der Waals surface area contributed by atoms with Gasteiger partial charge in [-0.3, -0.25) is 4.79 Å². The Labute approximate surface area is 75.0 Å². The molecule has 0 aliphatic carbocycles. The minimum atomic E-state index is -0.926. The smallest absolute Gasteiger partial charge is 0.322 e. The third kappa shape index (κ3) is 2.94. The molecule has 0 aromatic carbocycles. The van der Waals surface area contributed by atoms with Crippen LogP contribution < -0.4 is 10.6 Å². The van der Waals surface area contributed by atoms with Gasteiger partial charge in [0.15, 0.2) is 0 Å². The van der Waals surface area contributed by atoms with Crippen molar-refractivity contribution in [2.75, 3.05) is 24.2 Å². The second-order valence-electron chi connectivity index (χ2n) is 2.29.